The molecule has 0 saturated heterocycles. The number of ether oxygens (including phenoxy) is 1. The molecule has 0 aliphatic heterocycles. The summed E-state index contributed by atoms with van der Waals surface area (Å²) in [6.07, 6.45) is 16.7. The molecule has 4 aliphatic rings. The number of allylic oxidation sites excluding steroid dienone is 1. The van der Waals surface area contributed by atoms with Gasteiger partial charge in [0.15, 0.2) is 0 Å². The highest BCUT2D eigenvalue weighted by Gasteiger charge is 2.55. The molecule has 0 aromatic rings. The molecule has 1 N–H and O–H groups in total. The zero-order valence-corrected chi connectivity index (χ0v) is 19.0. The molecule has 0 spiro atoms. The molecule has 0 radical (unpaired) electrons. The lowest BCUT2D eigenvalue weighted by Crippen LogP contribution is -2.49. The summed E-state index contributed by atoms with van der Waals surface area (Å²) in [5.74, 6) is 1.74. The largest absolute Gasteiger partial charge is 0.481 e. The van der Waals surface area contributed by atoms with Crippen molar-refractivity contribution in [2.75, 3.05) is 0 Å². The van der Waals surface area contributed by atoms with E-state index in [9.17, 15) is 9.59 Å². The smallest absolute Gasteiger partial charge is 0.306 e. The molecule has 3 fully saturated rings. The standard InChI is InChI=1S/C26H40O4/c1-25-14-6-7-21(25)20-11-10-18-17-19(12-16-26(18,2)22(20)13-15-25)30-24(29)9-5-3-4-8-23(27)28/h10,19-22H,3-9,11-17H2,1-2H3,(H,27,28)/t19-,20-,21-,22-,25-,26-/m0/s1. The van der Waals surface area contributed by atoms with Gasteiger partial charge in [-0.15, -0.1) is 0 Å². The highest BCUT2D eigenvalue weighted by molar-refractivity contribution is 5.69. The number of aliphatic carboxylic acids is 1. The van der Waals surface area contributed by atoms with Gasteiger partial charge in [-0.2, -0.15) is 0 Å². The molecule has 4 heteroatoms. The van der Waals surface area contributed by atoms with Crippen molar-refractivity contribution < 1.29 is 19.4 Å². The average Bonchev–Trinajstić information content (AvgIpc) is 3.09. The van der Waals surface area contributed by atoms with E-state index in [1.165, 1.54) is 38.5 Å². The highest BCUT2D eigenvalue weighted by Crippen LogP contribution is 2.64. The molecule has 4 rings (SSSR count). The number of rotatable bonds is 7. The van der Waals surface area contributed by atoms with Gasteiger partial charge in [-0.3, -0.25) is 9.59 Å². The maximum absolute atomic E-state index is 12.3. The molecule has 4 nitrogen and oxygen atoms in total. The number of fused-ring (bicyclic) bond motifs is 5. The quantitative estimate of drug-likeness (QED) is 0.301. The zero-order chi connectivity index (χ0) is 21.4. The van der Waals surface area contributed by atoms with E-state index < -0.39 is 5.97 Å². The molecule has 0 bridgehead atoms. The molecule has 168 valence electrons. The van der Waals surface area contributed by atoms with Gasteiger partial charge in [0.1, 0.15) is 6.10 Å². The number of unbranched alkanes of at least 4 members (excludes halogenated alkanes) is 2. The summed E-state index contributed by atoms with van der Waals surface area (Å²) in [6.45, 7) is 5.06. The fourth-order valence-corrected chi connectivity index (χ4v) is 7.69. The Morgan fingerprint density at radius 1 is 1.03 bits per heavy atom. The van der Waals surface area contributed by atoms with Crippen molar-refractivity contribution >= 4 is 11.9 Å². The number of carbonyl (C=O) groups is 2. The average molecular weight is 417 g/mol. The van der Waals surface area contributed by atoms with E-state index in [4.69, 9.17) is 9.84 Å². The van der Waals surface area contributed by atoms with Crippen LogP contribution in [-0.4, -0.2) is 23.1 Å². The minimum Gasteiger partial charge on any atom is -0.481 e. The molecule has 4 aliphatic carbocycles. The first-order valence-corrected chi connectivity index (χ1v) is 12.4. The zero-order valence-electron chi connectivity index (χ0n) is 19.0. The molecular weight excluding hydrogens is 376 g/mol. The summed E-state index contributed by atoms with van der Waals surface area (Å²) in [4.78, 5) is 22.8. The summed E-state index contributed by atoms with van der Waals surface area (Å²) < 4.78 is 5.84. The van der Waals surface area contributed by atoms with Crippen molar-refractivity contribution in [2.24, 2.45) is 28.6 Å². The van der Waals surface area contributed by atoms with Crippen molar-refractivity contribution in [1.82, 2.24) is 0 Å². The number of hydrogen-bond acceptors (Lipinski definition) is 3. The predicted octanol–water partition coefficient (Wildman–Crippen LogP) is 6.29. The van der Waals surface area contributed by atoms with Crippen LogP contribution in [0.3, 0.4) is 0 Å². The first kappa shape index (κ1) is 21.9. The van der Waals surface area contributed by atoms with Crippen LogP contribution in [0.2, 0.25) is 0 Å². The van der Waals surface area contributed by atoms with Crippen LogP contribution in [0.15, 0.2) is 11.6 Å². The molecule has 0 aromatic heterocycles. The summed E-state index contributed by atoms with van der Waals surface area (Å²) in [6, 6.07) is 0. The van der Waals surface area contributed by atoms with Crippen LogP contribution in [0, 0.1) is 28.6 Å². The molecule has 6 atom stereocenters. The summed E-state index contributed by atoms with van der Waals surface area (Å²) >= 11 is 0. The fourth-order valence-electron chi connectivity index (χ4n) is 7.69. The van der Waals surface area contributed by atoms with Crippen molar-refractivity contribution in [3.8, 4) is 0 Å². The maximum atomic E-state index is 12.3. The Hall–Kier alpha value is -1.32. The predicted molar refractivity (Wildman–Crippen MR) is 117 cm³/mol. The van der Waals surface area contributed by atoms with Crippen LogP contribution in [0.1, 0.15) is 104 Å². The van der Waals surface area contributed by atoms with Crippen LogP contribution in [0.5, 0.6) is 0 Å². The van der Waals surface area contributed by atoms with E-state index in [0.29, 0.717) is 23.7 Å². The van der Waals surface area contributed by atoms with E-state index >= 15 is 0 Å². The molecule has 0 unspecified atom stereocenters. The van der Waals surface area contributed by atoms with Gasteiger partial charge in [-0.05, 0) is 86.4 Å². The second-order valence-corrected chi connectivity index (χ2v) is 11.2. The number of hydrogen-bond donors (Lipinski definition) is 1. The Morgan fingerprint density at radius 2 is 1.83 bits per heavy atom. The monoisotopic (exact) mass is 416 g/mol. The van der Waals surface area contributed by atoms with Crippen LogP contribution in [-0.2, 0) is 14.3 Å². The van der Waals surface area contributed by atoms with Crippen molar-refractivity contribution in [1.29, 1.82) is 0 Å². The Labute approximate surface area is 181 Å². The molecule has 0 amide bonds. The molecule has 30 heavy (non-hydrogen) atoms. The lowest BCUT2D eigenvalue weighted by molar-refractivity contribution is -0.151. The third-order valence-corrected chi connectivity index (χ3v) is 9.41. The van der Waals surface area contributed by atoms with Gasteiger partial charge in [0.2, 0.25) is 0 Å². The Balaban J connectivity index is 1.31. The van der Waals surface area contributed by atoms with Gasteiger partial charge in [-0.1, -0.05) is 38.3 Å². The highest BCUT2D eigenvalue weighted by atomic mass is 16.5. The topological polar surface area (TPSA) is 63.6 Å². The normalized spacial score (nSPS) is 40.0. The SMILES string of the molecule is C[C@@]12CCC[C@H]1[C@@H]1CC=C3C[C@@H](OC(=O)CCCCCC(=O)O)CC[C@]3(C)[C@H]1CC2. The summed E-state index contributed by atoms with van der Waals surface area (Å²) in [5, 5.41) is 8.69. The van der Waals surface area contributed by atoms with Gasteiger partial charge in [-0.25, -0.2) is 0 Å². The van der Waals surface area contributed by atoms with Gasteiger partial charge in [0.05, 0.1) is 0 Å². The number of carboxylic acid groups (broad SMARTS) is 1. The summed E-state index contributed by atoms with van der Waals surface area (Å²) in [5.41, 5.74) is 2.47. The van der Waals surface area contributed by atoms with Crippen molar-refractivity contribution in [2.45, 2.75) is 110 Å². The Kier molecular flexibility index (Phi) is 6.33. The lowest BCUT2D eigenvalue weighted by atomic mass is 9.48. The molecule has 0 aromatic carbocycles. The van der Waals surface area contributed by atoms with Gasteiger partial charge in [0, 0.05) is 19.3 Å². The lowest BCUT2D eigenvalue weighted by Gasteiger charge is -2.57. The molecule has 0 heterocycles. The van der Waals surface area contributed by atoms with E-state index in [1.807, 2.05) is 0 Å². The maximum Gasteiger partial charge on any atom is 0.306 e. The minimum absolute atomic E-state index is 0.0349. The van der Waals surface area contributed by atoms with E-state index in [0.717, 1.165) is 49.9 Å². The van der Waals surface area contributed by atoms with E-state index in [2.05, 4.69) is 19.9 Å². The third kappa shape index (κ3) is 4.21. The van der Waals surface area contributed by atoms with Gasteiger partial charge >= 0.3 is 11.9 Å². The molecule has 3 saturated carbocycles. The van der Waals surface area contributed by atoms with Gasteiger partial charge < -0.3 is 9.84 Å². The Morgan fingerprint density at radius 3 is 2.63 bits per heavy atom. The number of carboxylic acids is 1. The van der Waals surface area contributed by atoms with E-state index in [1.54, 1.807) is 5.57 Å². The van der Waals surface area contributed by atoms with Crippen LogP contribution in [0.4, 0.5) is 0 Å². The second kappa shape index (κ2) is 8.67. The minimum atomic E-state index is -0.763. The van der Waals surface area contributed by atoms with Crippen LogP contribution < -0.4 is 0 Å². The fraction of sp³-hybridized carbons (Fsp3) is 0.846. The van der Waals surface area contributed by atoms with E-state index in [-0.39, 0.29) is 18.5 Å². The van der Waals surface area contributed by atoms with Crippen molar-refractivity contribution in [3.63, 3.8) is 0 Å². The summed E-state index contributed by atoms with van der Waals surface area (Å²) in [7, 11) is 0. The van der Waals surface area contributed by atoms with Crippen molar-refractivity contribution in [3.05, 3.63) is 11.6 Å². The first-order valence-electron chi connectivity index (χ1n) is 12.4. The number of esters is 1. The Bertz CT molecular complexity index is 697. The second-order valence-electron chi connectivity index (χ2n) is 11.2. The van der Waals surface area contributed by atoms with Crippen LogP contribution in [0.25, 0.3) is 0 Å². The van der Waals surface area contributed by atoms with Gasteiger partial charge in [0.25, 0.3) is 0 Å². The molecular formula is C26H40O4. The third-order valence-electron chi connectivity index (χ3n) is 9.41. The number of carbonyl (C=O) groups excluding carboxylic acids is 1. The first-order chi connectivity index (χ1) is 14.3. The van der Waals surface area contributed by atoms with Crippen LogP contribution >= 0.6 is 0 Å².